The minimum absolute atomic E-state index is 0.627. The van der Waals surface area contributed by atoms with E-state index >= 15 is 0 Å². The van der Waals surface area contributed by atoms with Crippen molar-refractivity contribution in [3.8, 4) is 67.0 Å². The first-order valence-electron chi connectivity index (χ1n) is 20.0. The molecule has 280 valence electrons. The summed E-state index contributed by atoms with van der Waals surface area (Å²) < 4.78 is 7.73. The molecule has 60 heavy (non-hydrogen) atoms. The van der Waals surface area contributed by atoms with E-state index in [1.165, 1.54) is 16.5 Å². The summed E-state index contributed by atoms with van der Waals surface area (Å²) in [5, 5.41) is 7.65. The third-order valence-electron chi connectivity index (χ3n) is 11.4. The summed E-state index contributed by atoms with van der Waals surface area (Å²) in [4.78, 5) is 20.3. The topological polar surface area (TPSA) is 64.7 Å². The molecular weight excluding hydrogens is 753 g/mol. The van der Waals surface area contributed by atoms with Crippen LogP contribution in [0.5, 0.6) is 0 Å². The van der Waals surface area contributed by atoms with E-state index < -0.39 is 0 Å². The Bertz CT molecular complexity index is 3600. The van der Waals surface area contributed by atoms with E-state index in [4.69, 9.17) is 24.4 Å². The van der Waals surface area contributed by atoms with Crippen molar-refractivity contribution in [3.63, 3.8) is 0 Å². The monoisotopic (exact) mass is 784 g/mol. The van der Waals surface area contributed by atoms with Crippen LogP contribution in [0.3, 0.4) is 0 Å². The van der Waals surface area contributed by atoms with Crippen LogP contribution in [-0.2, 0) is 0 Å². The van der Waals surface area contributed by atoms with Gasteiger partial charge in [-0.25, -0.2) is 19.9 Å². The summed E-state index contributed by atoms with van der Waals surface area (Å²) >= 11 is 1.71. The van der Waals surface area contributed by atoms with Crippen LogP contribution >= 0.6 is 11.3 Å². The molecule has 0 saturated carbocycles. The predicted molar refractivity (Wildman–Crippen MR) is 248 cm³/mol. The minimum Gasteiger partial charge on any atom is -0.456 e. The van der Waals surface area contributed by atoms with Gasteiger partial charge in [-0.3, -0.25) is 0 Å². The number of aromatic nitrogens is 4. The Labute approximate surface area is 348 Å². The van der Waals surface area contributed by atoms with E-state index in [1.54, 1.807) is 11.3 Å². The fourth-order valence-electron chi connectivity index (χ4n) is 8.39. The molecule has 0 unspecified atom stereocenters. The maximum absolute atomic E-state index is 6.60. The highest BCUT2D eigenvalue weighted by atomic mass is 32.1. The normalized spacial score (nSPS) is 11.7. The Hall–Kier alpha value is -7.80. The zero-order valence-corrected chi connectivity index (χ0v) is 32.9. The van der Waals surface area contributed by atoms with Crippen LogP contribution in [0.15, 0.2) is 199 Å². The first-order chi connectivity index (χ1) is 29.7. The van der Waals surface area contributed by atoms with Crippen molar-refractivity contribution in [2.75, 3.05) is 0 Å². The summed E-state index contributed by atoms with van der Waals surface area (Å²) in [6.45, 7) is 0. The van der Waals surface area contributed by atoms with Gasteiger partial charge in [0.15, 0.2) is 17.5 Å². The number of fused-ring (bicyclic) bond motifs is 7. The fraction of sp³-hybridized carbons (Fsp3) is 0. The summed E-state index contributed by atoms with van der Waals surface area (Å²) in [6, 6.07) is 67.5. The molecule has 0 amide bonds. The van der Waals surface area contributed by atoms with Gasteiger partial charge in [0.1, 0.15) is 16.2 Å². The van der Waals surface area contributed by atoms with Gasteiger partial charge in [-0.15, -0.1) is 11.3 Å². The lowest BCUT2D eigenvalue weighted by atomic mass is 9.94. The Morgan fingerprint density at radius 3 is 1.75 bits per heavy atom. The highest BCUT2D eigenvalue weighted by molar-refractivity contribution is 7.22. The predicted octanol–water partition coefficient (Wildman–Crippen LogP) is 14.7. The van der Waals surface area contributed by atoms with E-state index in [0.29, 0.717) is 17.5 Å². The van der Waals surface area contributed by atoms with Crippen molar-refractivity contribution >= 4 is 65.0 Å². The van der Waals surface area contributed by atoms with Crippen molar-refractivity contribution < 1.29 is 4.42 Å². The van der Waals surface area contributed by atoms with Crippen molar-refractivity contribution in [1.29, 1.82) is 0 Å². The molecule has 0 aliphatic carbocycles. The first kappa shape index (κ1) is 34.3. The summed E-state index contributed by atoms with van der Waals surface area (Å²) in [5.74, 6) is 1.90. The van der Waals surface area contributed by atoms with Gasteiger partial charge in [-0.1, -0.05) is 158 Å². The van der Waals surface area contributed by atoms with Crippen LogP contribution in [0.2, 0.25) is 0 Å². The summed E-state index contributed by atoms with van der Waals surface area (Å²) in [5.41, 5.74) is 11.2. The molecule has 3 heterocycles. The second-order valence-electron chi connectivity index (χ2n) is 15.0. The Morgan fingerprint density at radius 1 is 0.350 bits per heavy atom. The lowest BCUT2D eigenvalue weighted by molar-refractivity contribution is 0.669. The Balaban J connectivity index is 0.947. The molecule has 0 bridgehead atoms. The number of thiazole rings is 1. The summed E-state index contributed by atoms with van der Waals surface area (Å²) in [6.07, 6.45) is 0. The van der Waals surface area contributed by atoms with Crippen LogP contribution in [0.25, 0.3) is 121 Å². The van der Waals surface area contributed by atoms with Crippen LogP contribution in [0.4, 0.5) is 0 Å². The molecule has 0 fully saturated rings. The van der Waals surface area contributed by atoms with Crippen molar-refractivity contribution in [2.45, 2.75) is 0 Å². The number of furan rings is 1. The first-order valence-corrected chi connectivity index (χ1v) is 20.8. The third kappa shape index (κ3) is 5.84. The Kier molecular flexibility index (Phi) is 7.96. The van der Waals surface area contributed by atoms with Crippen molar-refractivity contribution in [1.82, 2.24) is 19.9 Å². The van der Waals surface area contributed by atoms with Crippen LogP contribution in [0, 0.1) is 0 Å². The number of benzene rings is 9. The maximum Gasteiger partial charge on any atom is 0.164 e. The van der Waals surface area contributed by atoms with Gasteiger partial charge in [-0.2, -0.15) is 0 Å². The van der Waals surface area contributed by atoms with E-state index in [9.17, 15) is 0 Å². The van der Waals surface area contributed by atoms with Crippen LogP contribution in [0.1, 0.15) is 0 Å². The highest BCUT2D eigenvalue weighted by Gasteiger charge is 2.19. The molecule has 0 spiro atoms. The number of rotatable bonds is 6. The average Bonchev–Trinajstić information content (AvgIpc) is 3.93. The van der Waals surface area contributed by atoms with E-state index in [1.807, 2.05) is 42.5 Å². The largest absolute Gasteiger partial charge is 0.456 e. The van der Waals surface area contributed by atoms with E-state index in [-0.39, 0.29) is 0 Å². The number of hydrogen-bond acceptors (Lipinski definition) is 6. The molecule has 0 radical (unpaired) electrons. The Morgan fingerprint density at radius 2 is 0.950 bits per heavy atom. The zero-order chi connectivity index (χ0) is 39.6. The molecule has 0 saturated heterocycles. The molecule has 0 atom stereocenters. The van der Waals surface area contributed by atoms with Gasteiger partial charge in [-0.05, 0) is 80.2 Å². The van der Waals surface area contributed by atoms with Gasteiger partial charge in [0, 0.05) is 33.0 Å². The van der Waals surface area contributed by atoms with Crippen molar-refractivity contribution in [3.05, 3.63) is 194 Å². The molecule has 0 aliphatic rings. The van der Waals surface area contributed by atoms with Gasteiger partial charge < -0.3 is 4.42 Å². The van der Waals surface area contributed by atoms with Gasteiger partial charge >= 0.3 is 0 Å². The molecule has 12 rings (SSSR count). The smallest absolute Gasteiger partial charge is 0.164 e. The van der Waals surface area contributed by atoms with Crippen molar-refractivity contribution in [2.24, 2.45) is 0 Å². The van der Waals surface area contributed by atoms with E-state index in [2.05, 4.69) is 152 Å². The second kappa shape index (κ2) is 13.9. The lowest BCUT2D eigenvalue weighted by Gasteiger charge is -2.13. The van der Waals surface area contributed by atoms with Gasteiger partial charge in [0.2, 0.25) is 0 Å². The average molecular weight is 785 g/mol. The quantitative estimate of drug-likeness (QED) is 0.168. The molecule has 3 aromatic heterocycles. The fourth-order valence-corrected chi connectivity index (χ4v) is 9.51. The summed E-state index contributed by atoms with van der Waals surface area (Å²) in [7, 11) is 0. The second-order valence-corrected chi connectivity index (χ2v) is 16.0. The molecular formula is C54H32N4OS. The highest BCUT2D eigenvalue weighted by Crippen LogP contribution is 2.43. The molecule has 9 aromatic carbocycles. The molecule has 12 aromatic rings. The molecule has 6 heteroatoms. The molecule has 0 N–H and O–H groups in total. The number of nitrogens with zero attached hydrogens (tertiary/aromatic N) is 4. The lowest BCUT2D eigenvalue weighted by Crippen LogP contribution is -2.00. The van der Waals surface area contributed by atoms with Gasteiger partial charge in [0.25, 0.3) is 0 Å². The molecule has 0 aliphatic heterocycles. The SMILES string of the molecule is c1ccc(-c2ccc(-c3nc4ccc5oc6cc(-c7ccc(-c8nc(-c9ccccc9)nc(-c9ccc%10ccccc%10c9)n8)c8ccccc78)ccc6c5c4s3)cc2)cc1. The zero-order valence-electron chi connectivity index (χ0n) is 32.1. The standard InChI is InChI=1S/C54H32N4OS/c1-3-11-33(12-4-1)35-19-22-37(23-20-35)54-55-46-29-30-47-49(50(46)60-54)45-26-25-39(32-48(45)59-47)41-27-28-44(43-18-10-9-17-42(41)43)53-57-51(36-14-5-2-6-15-36)56-52(58-53)40-24-21-34-13-7-8-16-38(34)31-40/h1-32H. The molecule has 5 nitrogen and oxygen atoms in total. The van der Waals surface area contributed by atoms with Crippen LogP contribution in [-0.4, -0.2) is 19.9 Å². The van der Waals surface area contributed by atoms with Gasteiger partial charge in [0.05, 0.1) is 10.2 Å². The number of hydrogen-bond donors (Lipinski definition) is 0. The van der Waals surface area contributed by atoms with Crippen LogP contribution < -0.4 is 0 Å². The van der Waals surface area contributed by atoms with E-state index in [0.717, 1.165) is 86.7 Å². The third-order valence-corrected chi connectivity index (χ3v) is 12.5. The maximum atomic E-state index is 6.60. The minimum atomic E-state index is 0.627.